The Balaban J connectivity index is 1.88. The van der Waals surface area contributed by atoms with Crippen LogP contribution >= 0.6 is 0 Å². The molecule has 3 N–H and O–H groups in total. The van der Waals surface area contributed by atoms with E-state index in [4.69, 9.17) is 10.5 Å². The molecule has 2 fully saturated rings. The highest BCUT2D eigenvalue weighted by molar-refractivity contribution is 6.10. The lowest BCUT2D eigenvalue weighted by atomic mass is 9.84. The molecule has 1 aliphatic heterocycles. The van der Waals surface area contributed by atoms with Crippen molar-refractivity contribution in [2.75, 3.05) is 30.0 Å². The third-order valence-electron chi connectivity index (χ3n) is 5.07. The average molecular weight is 376 g/mol. The Morgan fingerprint density at radius 1 is 1.30 bits per heavy atom. The van der Waals surface area contributed by atoms with Gasteiger partial charge in [-0.15, -0.1) is 0 Å². The van der Waals surface area contributed by atoms with E-state index < -0.39 is 22.2 Å². The van der Waals surface area contributed by atoms with Crippen LogP contribution in [0.5, 0.6) is 0 Å². The molecular formula is C17H20N4O6. The molecule has 27 heavy (non-hydrogen) atoms. The predicted molar refractivity (Wildman–Crippen MR) is 95.0 cm³/mol. The van der Waals surface area contributed by atoms with Crippen LogP contribution in [0.4, 0.5) is 17.1 Å². The van der Waals surface area contributed by atoms with Crippen molar-refractivity contribution in [1.29, 1.82) is 0 Å². The zero-order chi connectivity index (χ0) is 19.6. The first-order valence-corrected chi connectivity index (χ1v) is 8.63. The van der Waals surface area contributed by atoms with E-state index in [1.54, 1.807) is 0 Å². The van der Waals surface area contributed by atoms with Gasteiger partial charge >= 0.3 is 0 Å². The largest absolute Gasteiger partial charge is 0.370 e. The number of primary amides is 1. The normalized spacial score (nSPS) is 19.0. The molecule has 3 amide bonds. The number of morpholine rings is 1. The average Bonchev–Trinajstić information content (AvgIpc) is 3.13. The van der Waals surface area contributed by atoms with Crippen LogP contribution in [0.25, 0.3) is 0 Å². The zero-order valence-corrected chi connectivity index (χ0v) is 14.6. The number of anilines is 2. The van der Waals surface area contributed by atoms with Gasteiger partial charge in [-0.3, -0.25) is 24.5 Å². The van der Waals surface area contributed by atoms with E-state index in [-0.39, 0.29) is 42.7 Å². The first-order valence-electron chi connectivity index (χ1n) is 8.63. The summed E-state index contributed by atoms with van der Waals surface area (Å²) in [5, 5.41) is 14.1. The van der Waals surface area contributed by atoms with Crippen molar-refractivity contribution in [3.63, 3.8) is 0 Å². The van der Waals surface area contributed by atoms with Gasteiger partial charge in [-0.1, -0.05) is 12.8 Å². The van der Waals surface area contributed by atoms with Gasteiger partial charge in [-0.05, 0) is 25.0 Å². The zero-order valence-electron chi connectivity index (χ0n) is 14.6. The number of rotatable bonds is 5. The molecule has 0 unspecified atom stereocenters. The Kier molecular flexibility index (Phi) is 5.08. The van der Waals surface area contributed by atoms with Crippen molar-refractivity contribution in [3.05, 3.63) is 28.3 Å². The number of nitro benzene ring substituents is 1. The second-order valence-electron chi connectivity index (χ2n) is 6.67. The summed E-state index contributed by atoms with van der Waals surface area (Å²) in [7, 11) is 0. The molecule has 144 valence electrons. The van der Waals surface area contributed by atoms with Gasteiger partial charge in [-0.25, -0.2) is 0 Å². The van der Waals surface area contributed by atoms with Gasteiger partial charge in [0.05, 0.1) is 11.5 Å². The number of hydrogen-bond acceptors (Lipinski definition) is 6. The first-order chi connectivity index (χ1) is 12.8. The number of nitrogens with two attached hydrogens (primary N) is 1. The van der Waals surface area contributed by atoms with Crippen molar-refractivity contribution in [2.24, 2.45) is 11.1 Å². The van der Waals surface area contributed by atoms with Gasteiger partial charge in [0.25, 0.3) is 11.6 Å². The van der Waals surface area contributed by atoms with Crippen LogP contribution in [0, 0.1) is 15.5 Å². The number of nitrogens with zero attached hydrogens (tertiary/aromatic N) is 2. The van der Waals surface area contributed by atoms with Crippen LogP contribution < -0.4 is 16.0 Å². The Bertz CT molecular complexity index is 803. The number of hydrogen-bond donors (Lipinski definition) is 2. The number of carbonyl (C=O) groups is 3. The lowest BCUT2D eigenvalue weighted by Crippen LogP contribution is -2.45. The highest BCUT2D eigenvalue weighted by Crippen LogP contribution is 2.39. The SMILES string of the molecule is NC(=O)C1(C(=O)Nc2ccc(N3CCOCC3=O)c([N+](=O)[O-])c2)CCCC1. The summed E-state index contributed by atoms with van der Waals surface area (Å²) < 4.78 is 5.04. The highest BCUT2D eigenvalue weighted by Gasteiger charge is 2.46. The fourth-order valence-electron chi connectivity index (χ4n) is 3.56. The van der Waals surface area contributed by atoms with Gasteiger partial charge in [0.2, 0.25) is 11.8 Å². The summed E-state index contributed by atoms with van der Waals surface area (Å²) >= 11 is 0. The van der Waals surface area contributed by atoms with E-state index in [2.05, 4.69) is 5.32 Å². The summed E-state index contributed by atoms with van der Waals surface area (Å²) in [4.78, 5) is 48.6. The quantitative estimate of drug-likeness (QED) is 0.444. The molecule has 1 heterocycles. The molecule has 0 radical (unpaired) electrons. The lowest BCUT2D eigenvalue weighted by molar-refractivity contribution is -0.384. The molecule has 3 rings (SSSR count). The number of nitro groups is 1. The maximum Gasteiger partial charge on any atom is 0.295 e. The topological polar surface area (TPSA) is 145 Å². The van der Waals surface area contributed by atoms with Crippen LogP contribution in [0.15, 0.2) is 18.2 Å². The van der Waals surface area contributed by atoms with Crippen molar-refractivity contribution in [3.8, 4) is 0 Å². The third-order valence-corrected chi connectivity index (χ3v) is 5.07. The Labute approximate surface area is 154 Å². The van der Waals surface area contributed by atoms with Crippen molar-refractivity contribution in [2.45, 2.75) is 25.7 Å². The molecule has 2 aliphatic rings. The van der Waals surface area contributed by atoms with Crippen LogP contribution in [-0.4, -0.2) is 42.4 Å². The fourth-order valence-corrected chi connectivity index (χ4v) is 3.56. The maximum atomic E-state index is 12.6. The number of nitrogens with one attached hydrogen (secondary N) is 1. The fraction of sp³-hybridized carbons (Fsp3) is 0.471. The minimum absolute atomic E-state index is 0.136. The summed E-state index contributed by atoms with van der Waals surface area (Å²) in [5.41, 5.74) is 4.14. The van der Waals surface area contributed by atoms with Gasteiger partial charge in [0, 0.05) is 18.3 Å². The highest BCUT2D eigenvalue weighted by atomic mass is 16.6. The number of amides is 3. The van der Waals surface area contributed by atoms with Crippen molar-refractivity contribution >= 4 is 34.8 Å². The standard InChI is InChI=1S/C17H20N4O6/c18-15(23)17(5-1-2-6-17)16(24)19-11-3-4-12(13(9-11)21(25)26)20-7-8-27-10-14(20)22/h3-4,9H,1-2,5-8,10H2,(H2,18,23)(H,19,24). The van der Waals surface area contributed by atoms with Crippen molar-refractivity contribution in [1.82, 2.24) is 0 Å². The molecule has 0 aromatic heterocycles. The summed E-state index contributed by atoms with van der Waals surface area (Å²) in [6, 6.07) is 4.05. The van der Waals surface area contributed by atoms with Crippen LogP contribution in [0.3, 0.4) is 0 Å². The minimum Gasteiger partial charge on any atom is -0.370 e. The van der Waals surface area contributed by atoms with E-state index in [1.165, 1.54) is 23.1 Å². The molecule has 1 saturated heterocycles. The predicted octanol–water partition coefficient (Wildman–Crippen LogP) is 0.942. The Morgan fingerprint density at radius 3 is 2.59 bits per heavy atom. The molecule has 10 heteroatoms. The van der Waals surface area contributed by atoms with Crippen LogP contribution in [-0.2, 0) is 19.1 Å². The molecule has 10 nitrogen and oxygen atoms in total. The van der Waals surface area contributed by atoms with E-state index in [9.17, 15) is 24.5 Å². The second-order valence-corrected chi connectivity index (χ2v) is 6.67. The van der Waals surface area contributed by atoms with E-state index in [0.29, 0.717) is 25.7 Å². The van der Waals surface area contributed by atoms with Crippen LogP contribution in [0.2, 0.25) is 0 Å². The molecule has 0 spiro atoms. The van der Waals surface area contributed by atoms with E-state index in [1.807, 2.05) is 0 Å². The summed E-state index contributed by atoms with van der Waals surface area (Å²) in [5.74, 6) is -1.63. The minimum atomic E-state index is -1.28. The maximum absolute atomic E-state index is 12.6. The number of benzene rings is 1. The molecule has 1 saturated carbocycles. The number of carbonyl (C=O) groups excluding carboxylic acids is 3. The summed E-state index contributed by atoms with van der Waals surface area (Å²) in [6.45, 7) is 0.343. The third kappa shape index (κ3) is 3.47. The molecule has 1 aromatic rings. The summed E-state index contributed by atoms with van der Waals surface area (Å²) in [6.07, 6.45) is 2.15. The number of ether oxygens (including phenoxy) is 1. The van der Waals surface area contributed by atoms with Gasteiger partial charge < -0.3 is 20.7 Å². The smallest absolute Gasteiger partial charge is 0.295 e. The second kappa shape index (κ2) is 7.31. The lowest BCUT2D eigenvalue weighted by Gasteiger charge is -2.27. The van der Waals surface area contributed by atoms with Gasteiger partial charge in [-0.2, -0.15) is 0 Å². The van der Waals surface area contributed by atoms with E-state index >= 15 is 0 Å². The van der Waals surface area contributed by atoms with Gasteiger partial charge in [0.1, 0.15) is 17.7 Å². The van der Waals surface area contributed by atoms with E-state index in [0.717, 1.165) is 0 Å². The Morgan fingerprint density at radius 2 is 2.00 bits per heavy atom. The Hall–Kier alpha value is -3.01. The van der Waals surface area contributed by atoms with Gasteiger partial charge in [0.15, 0.2) is 0 Å². The van der Waals surface area contributed by atoms with Crippen molar-refractivity contribution < 1.29 is 24.0 Å². The molecule has 1 aromatic carbocycles. The molecular weight excluding hydrogens is 356 g/mol. The molecule has 0 bridgehead atoms. The monoisotopic (exact) mass is 376 g/mol. The molecule has 1 aliphatic carbocycles. The first kappa shape index (κ1) is 18.8. The molecule has 0 atom stereocenters. The van der Waals surface area contributed by atoms with Crippen LogP contribution in [0.1, 0.15) is 25.7 Å².